The molecule has 7 nitrogen and oxygen atoms in total. The van der Waals surface area contributed by atoms with Crippen molar-refractivity contribution >= 4 is 5.91 Å². The van der Waals surface area contributed by atoms with Crippen LogP contribution in [0.1, 0.15) is 67.4 Å². The molecule has 1 aromatic carbocycles. The maximum absolute atomic E-state index is 12.9. The van der Waals surface area contributed by atoms with Gasteiger partial charge in [-0.2, -0.15) is 5.10 Å². The van der Waals surface area contributed by atoms with Crippen molar-refractivity contribution in [2.45, 2.75) is 58.4 Å². The molecular weight excluding hydrogens is 378 g/mol. The number of rotatable bonds is 5. The Kier molecular flexibility index (Phi) is 4.68. The van der Waals surface area contributed by atoms with Crippen LogP contribution in [0.25, 0.3) is 17.3 Å². The highest BCUT2D eigenvalue weighted by Gasteiger charge is 2.40. The molecule has 1 amide bonds. The quantitative estimate of drug-likeness (QED) is 0.685. The van der Waals surface area contributed by atoms with Gasteiger partial charge in [0.2, 0.25) is 5.89 Å². The molecule has 0 spiro atoms. The molecule has 2 aromatic heterocycles. The molecule has 2 bridgehead atoms. The molecule has 7 heteroatoms. The van der Waals surface area contributed by atoms with Crippen molar-refractivity contribution in [1.29, 1.82) is 0 Å². The van der Waals surface area contributed by atoms with E-state index in [0.717, 1.165) is 23.7 Å². The van der Waals surface area contributed by atoms with Crippen LogP contribution < -0.4 is 5.32 Å². The Morgan fingerprint density at radius 3 is 2.73 bits per heavy atom. The minimum Gasteiger partial charge on any atom is -0.420 e. The van der Waals surface area contributed by atoms with Gasteiger partial charge in [-0.15, -0.1) is 10.2 Å². The summed E-state index contributed by atoms with van der Waals surface area (Å²) in [6.07, 6.45) is 4.97. The number of hydrogen-bond donors (Lipinski definition) is 1. The Morgan fingerprint density at radius 2 is 2.07 bits per heavy atom. The van der Waals surface area contributed by atoms with E-state index < -0.39 is 0 Å². The number of aryl methyl sites for hydroxylation is 1. The lowest BCUT2D eigenvalue weighted by molar-refractivity contribution is 0.0923. The molecule has 2 aliphatic rings. The summed E-state index contributed by atoms with van der Waals surface area (Å²) in [5, 5.41) is 16.0. The number of benzene rings is 1. The first-order valence-electron chi connectivity index (χ1n) is 10.8. The molecule has 156 valence electrons. The number of carbonyl (C=O) groups is 1. The molecule has 2 fully saturated rings. The number of nitrogens with one attached hydrogen (secondary N) is 1. The lowest BCUT2D eigenvalue weighted by Gasteiger charge is -2.23. The van der Waals surface area contributed by atoms with E-state index in [0.29, 0.717) is 35.0 Å². The maximum atomic E-state index is 12.9. The lowest BCUT2D eigenvalue weighted by atomic mass is 9.95. The Bertz CT molecular complexity index is 1080. The molecule has 30 heavy (non-hydrogen) atoms. The molecule has 0 saturated heterocycles. The maximum Gasteiger partial charge on any atom is 0.268 e. The molecule has 2 aliphatic carbocycles. The van der Waals surface area contributed by atoms with Gasteiger partial charge in [0.15, 0.2) is 0 Å². The number of hydrogen-bond acceptors (Lipinski definition) is 5. The number of fused-ring (bicyclic) bond motifs is 2. The normalized spacial score (nSPS) is 22.7. The zero-order valence-corrected chi connectivity index (χ0v) is 17.6. The summed E-state index contributed by atoms with van der Waals surface area (Å²) in [6.45, 7) is 5.99. The Hall–Kier alpha value is -2.96. The molecule has 1 N–H and O–H groups in total. The largest absolute Gasteiger partial charge is 0.420 e. The number of nitrogens with zero attached hydrogens (tertiary/aromatic N) is 4. The van der Waals surface area contributed by atoms with Crippen molar-refractivity contribution in [1.82, 2.24) is 25.3 Å². The molecule has 3 atom stereocenters. The van der Waals surface area contributed by atoms with E-state index >= 15 is 0 Å². The molecule has 2 heterocycles. The van der Waals surface area contributed by atoms with Crippen molar-refractivity contribution in [2.24, 2.45) is 11.8 Å². The first-order chi connectivity index (χ1) is 14.5. The Labute approximate surface area is 175 Å². The van der Waals surface area contributed by atoms with E-state index in [1.807, 2.05) is 35.0 Å². The van der Waals surface area contributed by atoms with Crippen LogP contribution >= 0.6 is 0 Å². The molecule has 2 saturated carbocycles. The van der Waals surface area contributed by atoms with Gasteiger partial charge >= 0.3 is 0 Å². The average Bonchev–Trinajstić information content (AvgIpc) is 3.51. The van der Waals surface area contributed by atoms with Gasteiger partial charge in [0, 0.05) is 24.2 Å². The molecule has 0 unspecified atom stereocenters. The number of aromatic nitrogens is 4. The third-order valence-electron chi connectivity index (χ3n) is 6.48. The van der Waals surface area contributed by atoms with E-state index in [1.54, 1.807) is 6.92 Å². The van der Waals surface area contributed by atoms with Gasteiger partial charge in [-0.1, -0.05) is 26.3 Å². The van der Waals surface area contributed by atoms with Crippen LogP contribution in [0, 0.1) is 18.8 Å². The average molecular weight is 406 g/mol. The molecule has 0 aliphatic heterocycles. The molecule has 3 aromatic rings. The van der Waals surface area contributed by atoms with Crippen LogP contribution in [0.5, 0.6) is 0 Å². The van der Waals surface area contributed by atoms with E-state index in [1.165, 1.54) is 19.3 Å². The van der Waals surface area contributed by atoms with E-state index in [-0.39, 0.29) is 11.8 Å². The summed E-state index contributed by atoms with van der Waals surface area (Å²) in [5.41, 5.74) is 3.17. The summed E-state index contributed by atoms with van der Waals surface area (Å²) < 4.78 is 7.42. The standard InChI is InChI=1S/C23H27N5O2/c1-13(2)21-12-20(23-26-25-14(3)30-23)27-28(21)18-6-4-5-17(11-18)22(29)24-19-10-15-7-8-16(19)9-15/h4-6,11-13,15-16,19H,7-10H2,1-3H3,(H,24,29)/t15-,16+,19+/m0/s1. The Balaban J connectivity index is 1.43. The number of carbonyl (C=O) groups excluding carboxylic acids is 1. The fourth-order valence-electron chi connectivity index (χ4n) is 4.97. The zero-order valence-electron chi connectivity index (χ0n) is 17.6. The highest BCUT2D eigenvalue weighted by atomic mass is 16.4. The van der Waals surface area contributed by atoms with Crippen molar-refractivity contribution in [2.75, 3.05) is 0 Å². The highest BCUT2D eigenvalue weighted by Crippen LogP contribution is 2.44. The van der Waals surface area contributed by atoms with Crippen LogP contribution in [0.4, 0.5) is 0 Å². The van der Waals surface area contributed by atoms with Crippen molar-refractivity contribution in [3.63, 3.8) is 0 Å². The van der Waals surface area contributed by atoms with E-state index in [4.69, 9.17) is 9.52 Å². The minimum atomic E-state index is 0.000373. The van der Waals surface area contributed by atoms with E-state index in [9.17, 15) is 4.79 Å². The fourth-order valence-corrected chi connectivity index (χ4v) is 4.97. The highest BCUT2D eigenvalue weighted by molar-refractivity contribution is 5.95. The van der Waals surface area contributed by atoms with Crippen LogP contribution in [-0.2, 0) is 0 Å². The van der Waals surface area contributed by atoms with Crippen molar-refractivity contribution < 1.29 is 9.21 Å². The summed E-state index contributed by atoms with van der Waals surface area (Å²) in [4.78, 5) is 12.9. The second kappa shape index (κ2) is 7.38. The monoisotopic (exact) mass is 405 g/mol. The predicted octanol–water partition coefficient (Wildman–Crippen LogP) is 4.27. The lowest BCUT2D eigenvalue weighted by Crippen LogP contribution is -2.38. The van der Waals surface area contributed by atoms with Crippen LogP contribution in [0.3, 0.4) is 0 Å². The van der Waals surface area contributed by atoms with Gasteiger partial charge < -0.3 is 9.73 Å². The fraction of sp³-hybridized carbons (Fsp3) is 0.478. The third-order valence-corrected chi connectivity index (χ3v) is 6.48. The van der Waals surface area contributed by atoms with Crippen LogP contribution in [-0.4, -0.2) is 31.9 Å². The summed E-state index contributed by atoms with van der Waals surface area (Å²) in [7, 11) is 0. The second-order valence-corrected chi connectivity index (χ2v) is 8.95. The van der Waals surface area contributed by atoms with Gasteiger partial charge in [0.1, 0.15) is 5.69 Å². The van der Waals surface area contributed by atoms with Gasteiger partial charge in [0.25, 0.3) is 11.8 Å². The van der Waals surface area contributed by atoms with Gasteiger partial charge in [-0.25, -0.2) is 4.68 Å². The number of amides is 1. The van der Waals surface area contributed by atoms with Crippen molar-refractivity contribution in [3.05, 3.63) is 47.5 Å². The van der Waals surface area contributed by atoms with Crippen LogP contribution in [0.15, 0.2) is 34.7 Å². The molecular formula is C23H27N5O2. The summed E-state index contributed by atoms with van der Waals surface area (Å²) in [5.74, 6) is 2.60. The van der Waals surface area contributed by atoms with Gasteiger partial charge in [0.05, 0.1) is 5.69 Å². The first-order valence-corrected chi connectivity index (χ1v) is 10.8. The van der Waals surface area contributed by atoms with Gasteiger partial charge in [-0.05, 0) is 61.3 Å². The second-order valence-electron chi connectivity index (χ2n) is 8.95. The van der Waals surface area contributed by atoms with Gasteiger partial charge in [-0.3, -0.25) is 4.79 Å². The first kappa shape index (κ1) is 19.0. The SMILES string of the molecule is Cc1nnc(-c2cc(C(C)C)n(-c3cccc(C(=O)N[C@@H]4C[C@H]5CC[C@@H]4C5)c3)n2)o1. The zero-order chi connectivity index (χ0) is 20.8. The Morgan fingerprint density at radius 1 is 1.20 bits per heavy atom. The van der Waals surface area contributed by atoms with E-state index in [2.05, 4.69) is 29.4 Å². The molecule has 5 rings (SSSR count). The molecule has 0 radical (unpaired) electrons. The summed E-state index contributed by atoms with van der Waals surface area (Å²) >= 11 is 0. The predicted molar refractivity (Wildman–Crippen MR) is 112 cm³/mol. The summed E-state index contributed by atoms with van der Waals surface area (Å²) in [6, 6.07) is 9.95. The minimum absolute atomic E-state index is 0.000373. The topological polar surface area (TPSA) is 85.8 Å². The third kappa shape index (κ3) is 3.42. The smallest absolute Gasteiger partial charge is 0.268 e. The van der Waals surface area contributed by atoms with Crippen molar-refractivity contribution in [3.8, 4) is 17.3 Å². The van der Waals surface area contributed by atoms with Crippen LogP contribution in [0.2, 0.25) is 0 Å².